The van der Waals surface area contributed by atoms with E-state index in [0.29, 0.717) is 23.6 Å². The van der Waals surface area contributed by atoms with Crippen LogP contribution in [-0.2, 0) is 6.54 Å². The highest BCUT2D eigenvalue weighted by Gasteiger charge is 2.06. The van der Waals surface area contributed by atoms with Gasteiger partial charge in [0.2, 0.25) is 0 Å². The molecule has 0 aliphatic rings. The van der Waals surface area contributed by atoms with Gasteiger partial charge >= 0.3 is 0 Å². The molecule has 0 aliphatic heterocycles. The lowest BCUT2D eigenvalue weighted by Gasteiger charge is -2.02. The van der Waals surface area contributed by atoms with Crippen molar-refractivity contribution in [3.63, 3.8) is 0 Å². The van der Waals surface area contributed by atoms with Crippen molar-refractivity contribution in [3.05, 3.63) is 66.2 Å². The molecule has 0 fully saturated rings. The summed E-state index contributed by atoms with van der Waals surface area (Å²) in [6, 6.07) is 14.0. The topological polar surface area (TPSA) is 56.7 Å². The number of benzene rings is 2. The van der Waals surface area contributed by atoms with Crippen LogP contribution in [0.1, 0.15) is 5.56 Å². The summed E-state index contributed by atoms with van der Waals surface area (Å²) in [5.41, 5.74) is 7.82. The Bertz CT molecular complexity index is 736. The molecule has 1 heterocycles. The molecule has 0 unspecified atom stereocenters. The van der Waals surface area contributed by atoms with E-state index in [-0.39, 0.29) is 5.82 Å². The van der Waals surface area contributed by atoms with Crippen LogP contribution < -0.4 is 5.73 Å². The predicted octanol–water partition coefficient (Wildman–Crippen LogP) is 2.71. The Morgan fingerprint density at radius 3 is 2.75 bits per heavy atom. The van der Waals surface area contributed by atoms with E-state index in [4.69, 9.17) is 5.73 Å². The number of nitrogens with two attached hydrogens (primary N) is 1. The number of rotatable bonds is 3. The first-order valence-electron chi connectivity index (χ1n) is 6.21. The van der Waals surface area contributed by atoms with Gasteiger partial charge < -0.3 is 5.73 Å². The SMILES string of the molecule is Nc1cccc(-c2ncn(Cc3ccccc3F)n2)c1. The van der Waals surface area contributed by atoms with E-state index in [0.717, 1.165) is 5.56 Å². The van der Waals surface area contributed by atoms with Crippen molar-refractivity contribution >= 4 is 5.69 Å². The molecule has 2 aromatic carbocycles. The van der Waals surface area contributed by atoms with Crippen LogP contribution in [0.5, 0.6) is 0 Å². The second kappa shape index (κ2) is 5.13. The minimum absolute atomic E-state index is 0.242. The lowest BCUT2D eigenvalue weighted by molar-refractivity contribution is 0.585. The van der Waals surface area contributed by atoms with Crippen LogP contribution in [0.25, 0.3) is 11.4 Å². The molecule has 100 valence electrons. The summed E-state index contributed by atoms with van der Waals surface area (Å²) in [5, 5.41) is 4.34. The molecule has 20 heavy (non-hydrogen) atoms. The molecule has 0 atom stereocenters. The second-order valence-corrected chi connectivity index (χ2v) is 4.48. The number of hydrogen-bond acceptors (Lipinski definition) is 3. The number of halogens is 1. The van der Waals surface area contributed by atoms with Gasteiger partial charge in [-0.2, -0.15) is 5.10 Å². The normalized spacial score (nSPS) is 10.7. The van der Waals surface area contributed by atoms with Gasteiger partial charge in [-0.05, 0) is 18.2 Å². The van der Waals surface area contributed by atoms with Crippen molar-refractivity contribution in [3.8, 4) is 11.4 Å². The molecule has 2 N–H and O–H groups in total. The minimum Gasteiger partial charge on any atom is -0.399 e. The largest absolute Gasteiger partial charge is 0.399 e. The van der Waals surface area contributed by atoms with Crippen molar-refractivity contribution in [2.45, 2.75) is 6.54 Å². The summed E-state index contributed by atoms with van der Waals surface area (Å²) in [7, 11) is 0. The average Bonchev–Trinajstić information content (AvgIpc) is 2.90. The molecule has 5 heteroatoms. The van der Waals surface area contributed by atoms with E-state index in [1.54, 1.807) is 35.3 Å². The van der Waals surface area contributed by atoms with Crippen LogP contribution >= 0.6 is 0 Å². The predicted molar refractivity (Wildman–Crippen MR) is 75.4 cm³/mol. The third-order valence-electron chi connectivity index (χ3n) is 2.97. The fourth-order valence-corrected chi connectivity index (χ4v) is 1.98. The first-order chi connectivity index (χ1) is 9.72. The molecule has 0 bridgehead atoms. The summed E-state index contributed by atoms with van der Waals surface area (Å²) in [6.07, 6.45) is 1.59. The maximum atomic E-state index is 13.6. The standard InChI is InChI=1S/C15H13FN4/c16-14-7-2-1-4-12(14)9-20-10-18-15(19-20)11-5-3-6-13(17)8-11/h1-8,10H,9,17H2. The maximum Gasteiger partial charge on any atom is 0.181 e. The Balaban J connectivity index is 1.86. The second-order valence-electron chi connectivity index (χ2n) is 4.48. The molecule has 1 aromatic heterocycles. The number of nitrogen functional groups attached to an aromatic ring is 1. The van der Waals surface area contributed by atoms with Crippen molar-refractivity contribution in [1.29, 1.82) is 0 Å². The highest BCUT2D eigenvalue weighted by atomic mass is 19.1. The lowest BCUT2D eigenvalue weighted by Crippen LogP contribution is -2.02. The summed E-state index contributed by atoms with van der Waals surface area (Å²) in [6.45, 7) is 0.349. The molecule has 0 aliphatic carbocycles. The zero-order valence-electron chi connectivity index (χ0n) is 10.7. The molecule has 0 saturated heterocycles. The van der Waals surface area contributed by atoms with E-state index >= 15 is 0 Å². The molecule has 0 spiro atoms. The van der Waals surface area contributed by atoms with Gasteiger partial charge in [0.05, 0.1) is 6.54 Å². The van der Waals surface area contributed by atoms with Gasteiger partial charge in [0.25, 0.3) is 0 Å². The number of anilines is 1. The number of aromatic nitrogens is 3. The first-order valence-corrected chi connectivity index (χ1v) is 6.21. The Morgan fingerprint density at radius 1 is 1.10 bits per heavy atom. The first kappa shape index (κ1) is 12.3. The van der Waals surface area contributed by atoms with Crippen molar-refractivity contribution in [1.82, 2.24) is 14.8 Å². The highest BCUT2D eigenvalue weighted by Crippen LogP contribution is 2.17. The molecule has 4 nitrogen and oxygen atoms in total. The third-order valence-corrected chi connectivity index (χ3v) is 2.97. The van der Waals surface area contributed by atoms with Gasteiger partial charge in [-0.3, -0.25) is 0 Å². The lowest BCUT2D eigenvalue weighted by atomic mass is 10.2. The van der Waals surface area contributed by atoms with E-state index in [2.05, 4.69) is 10.1 Å². The molecule has 0 saturated carbocycles. The van der Waals surface area contributed by atoms with Crippen molar-refractivity contribution in [2.24, 2.45) is 0 Å². The summed E-state index contributed by atoms with van der Waals surface area (Å²) < 4.78 is 15.2. The Kier molecular flexibility index (Phi) is 3.16. The number of hydrogen-bond donors (Lipinski definition) is 1. The van der Waals surface area contributed by atoms with Gasteiger partial charge in [-0.15, -0.1) is 0 Å². The summed E-state index contributed by atoms with van der Waals surface area (Å²) >= 11 is 0. The monoisotopic (exact) mass is 268 g/mol. The third kappa shape index (κ3) is 2.51. The Morgan fingerprint density at radius 2 is 1.95 bits per heavy atom. The fraction of sp³-hybridized carbons (Fsp3) is 0.0667. The smallest absolute Gasteiger partial charge is 0.181 e. The zero-order chi connectivity index (χ0) is 13.9. The van der Waals surface area contributed by atoms with Crippen LogP contribution in [0.15, 0.2) is 54.9 Å². The van der Waals surface area contributed by atoms with Crippen LogP contribution in [0, 0.1) is 5.82 Å². The van der Waals surface area contributed by atoms with E-state index in [9.17, 15) is 4.39 Å². The van der Waals surface area contributed by atoms with E-state index in [1.165, 1.54) is 6.07 Å². The minimum atomic E-state index is -0.242. The molecule has 3 aromatic rings. The molecule has 3 rings (SSSR count). The summed E-state index contributed by atoms with van der Waals surface area (Å²) in [4.78, 5) is 4.23. The van der Waals surface area contributed by atoms with Gasteiger partial charge in [0, 0.05) is 16.8 Å². The quantitative estimate of drug-likeness (QED) is 0.743. The molecular formula is C15H13FN4. The van der Waals surface area contributed by atoms with Gasteiger partial charge in [-0.25, -0.2) is 14.1 Å². The fourth-order valence-electron chi connectivity index (χ4n) is 1.98. The van der Waals surface area contributed by atoms with Gasteiger partial charge in [0.15, 0.2) is 5.82 Å². The van der Waals surface area contributed by atoms with Gasteiger partial charge in [-0.1, -0.05) is 30.3 Å². The maximum absolute atomic E-state index is 13.6. The zero-order valence-corrected chi connectivity index (χ0v) is 10.7. The number of nitrogens with zero attached hydrogens (tertiary/aromatic N) is 3. The highest BCUT2D eigenvalue weighted by molar-refractivity contribution is 5.60. The van der Waals surface area contributed by atoms with Crippen LogP contribution in [0.3, 0.4) is 0 Å². The average molecular weight is 268 g/mol. The van der Waals surface area contributed by atoms with Crippen LogP contribution in [-0.4, -0.2) is 14.8 Å². The summed E-state index contributed by atoms with van der Waals surface area (Å²) in [5.74, 6) is 0.335. The van der Waals surface area contributed by atoms with E-state index in [1.807, 2.05) is 18.2 Å². The molecular weight excluding hydrogens is 255 g/mol. The van der Waals surface area contributed by atoms with Crippen LogP contribution in [0.4, 0.5) is 10.1 Å². The van der Waals surface area contributed by atoms with Crippen molar-refractivity contribution < 1.29 is 4.39 Å². The Labute approximate surface area is 115 Å². The van der Waals surface area contributed by atoms with Crippen LogP contribution in [0.2, 0.25) is 0 Å². The van der Waals surface area contributed by atoms with Gasteiger partial charge in [0.1, 0.15) is 12.1 Å². The van der Waals surface area contributed by atoms with E-state index < -0.39 is 0 Å². The Hall–Kier alpha value is -2.69. The molecule has 0 amide bonds. The van der Waals surface area contributed by atoms with Crippen molar-refractivity contribution in [2.75, 3.05) is 5.73 Å². The molecule has 0 radical (unpaired) electrons.